The Morgan fingerprint density at radius 3 is 1.38 bits per heavy atom. The summed E-state index contributed by atoms with van der Waals surface area (Å²) in [6.07, 6.45) is 2.09. The van der Waals surface area contributed by atoms with Gasteiger partial charge >= 0.3 is 5.97 Å². The molecular weight excluding hydrogens is 1510 g/mol. The molecule has 8 aliphatic rings. The van der Waals surface area contributed by atoms with E-state index < -0.39 is 95.4 Å². The molecule has 4 aromatic carbocycles. The SMILES string of the molecule is CC(C)(C)S(C)(=O)=O.CN(C)CCN.CNC.COc1c(CN2O[C@@H](CO)[C@@H]([C@H](C)O)[C@H]2C(=O)N[C@H]2C[C@H]3C[C@@H]([C@@H]2C)C3(C)C)cccc1-c1cc(C(=O)N[C@@H](CN(C)C)CS(=O)(=O)C(C)(C)C)cc(N(C)C)c1.COc1c(CN2O[C@@H](CO)[C@@H]([C@H](C)O)[C@H]2C(=O)N[C@H]2C[C@H]3C[C@@H]([C@@H]2C)C3(C)C)cccc1-c1cccc(C(=O)O)c1. The van der Waals surface area contributed by atoms with E-state index in [-0.39, 0.29) is 66.9 Å². The number of benzene rings is 4. The molecule has 8 fully saturated rings. The van der Waals surface area contributed by atoms with Crippen molar-refractivity contribution in [2.45, 2.75) is 200 Å². The number of carbonyl (C=O) groups is 4. The van der Waals surface area contributed by atoms with Crippen molar-refractivity contribution in [3.05, 3.63) is 101 Å². The fourth-order valence-corrected chi connectivity index (χ4v) is 18.5. The molecule has 12 rings (SSSR count). The number of nitrogens with two attached hydrogens (primary N) is 1. The lowest BCUT2D eigenvalue weighted by Crippen LogP contribution is -2.62. The van der Waals surface area contributed by atoms with Gasteiger partial charge in [-0.05, 0) is 211 Å². The first-order chi connectivity index (χ1) is 53.4. The van der Waals surface area contributed by atoms with Crippen LogP contribution in [0.15, 0.2) is 78.9 Å². The van der Waals surface area contributed by atoms with E-state index >= 15 is 0 Å². The van der Waals surface area contributed by atoms with Crippen molar-refractivity contribution in [2.75, 3.05) is 120 Å². The zero-order valence-corrected chi connectivity index (χ0v) is 74.7. The Hall–Kier alpha value is -6.42. The van der Waals surface area contributed by atoms with E-state index in [9.17, 15) is 61.5 Å². The number of nitrogens with one attached hydrogen (secondary N) is 4. The quantitative estimate of drug-likeness (QED) is 0.0286. The molecular formula is C86H140N10O17S2. The Morgan fingerprint density at radius 2 is 1.05 bits per heavy atom. The van der Waals surface area contributed by atoms with Gasteiger partial charge in [0.05, 0.1) is 79.6 Å². The summed E-state index contributed by atoms with van der Waals surface area (Å²) in [4.78, 5) is 72.0. The van der Waals surface area contributed by atoms with Gasteiger partial charge in [-0.25, -0.2) is 21.6 Å². The third kappa shape index (κ3) is 23.6. The second-order valence-corrected chi connectivity index (χ2v) is 41.9. The standard InChI is InChI=1S/C43H67N5O8S.C32H42N2O7.C5H12O2S.C4H12N2.C2H7N/c1-25-34-19-30(43(34,6)7)20-35(25)45-41(52)38-37(26(2)50)36(23-49)56-48(38)21-27-14-13-15-33(39(27)55-12)28-16-29(18-32(17-28)47(10)11)40(51)44-31(22-46(8)9)24-57(53,54)42(3,4)5;1-17-24-13-22(32(24,3)4)14-25(17)33-30(37)28-27(18(2)36)26(16-35)41-34(28)15-21-10-7-11-23(29(21)40-5)19-8-6-9-20(12-19)31(38)39;1-5(2,3)8(4,6)7;1-6(2)4-3-5;1-3-2/h13-18,25-26,30-31,34-38,49-50H,19-24H2,1-12H3,(H,44,51)(H,45,52);6-12,17-18,22,24-28,35-36H,13-16H2,1-5H3,(H,33,37)(H,38,39);1-4H3;3-5H2,1-2H3;3H,1-2H3/t25-,26-,30+,31-,34-,35-,36-,37+,38-;17-,18-,22+,24-,25-,26-,27+,28-;;;/m00.../s1. The number of likely N-dealkylation sites (N-methyl/N-ethyl adjacent to an activating group) is 2. The van der Waals surface area contributed by atoms with Crippen LogP contribution in [0, 0.1) is 58.2 Å². The van der Waals surface area contributed by atoms with E-state index in [1.54, 1.807) is 104 Å². The van der Waals surface area contributed by atoms with E-state index in [4.69, 9.17) is 24.9 Å². The Labute approximate surface area is 686 Å². The summed E-state index contributed by atoms with van der Waals surface area (Å²) in [5.74, 6) is 0.505. The van der Waals surface area contributed by atoms with Crippen LogP contribution in [-0.2, 0) is 52.0 Å². The number of aromatic carboxylic acids is 1. The number of aliphatic hydroxyl groups is 4. The highest BCUT2D eigenvalue weighted by atomic mass is 32.2. The average molecular weight is 1650 g/mol. The first-order valence-corrected chi connectivity index (χ1v) is 43.8. The van der Waals surface area contributed by atoms with Gasteiger partial charge in [-0.2, -0.15) is 10.1 Å². The normalized spacial score (nSPS) is 26.2. The lowest BCUT2D eigenvalue weighted by molar-refractivity contribution is -0.183. The molecule has 115 heavy (non-hydrogen) atoms. The molecule has 2 saturated heterocycles. The zero-order valence-electron chi connectivity index (χ0n) is 73.1. The number of hydroxylamine groups is 4. The summed E-state index contributed by atoms with van der Waals surface area (Å²) < 4.78 is 58.0. The molecule has 2 aliphatic heterocycles. The Morgan fingerprint density at radius 1 is 0.635 bits per heavy atom. The summed E-state index contributed by atoms with van der Waals surface area (Å²) in [5, 5.41) is 67.2. The maximum Gasteiger partial charge on any atom is 0.335 e. The molecule has 0 unspecified atom stereocenters. The maximum absolute atomic E-state index is 14.3. The molecule has 11 N–H and O–H groups in total. The van der Waals surface area contributed by atoms with Crippen molar-refractivity contribution >= 4 is 49.1 Å². The number of anilines is 1. The number of carbonyl (C=O) groups excluding carboxylic acids is 3. The number of rotatable bonds is 26. The number of methoxy groups -OCH3 is 2. The number of carboxylic acids is 1. The molecule has 0 aromatic heterocycles. The summed E-state index contributed by atoms with van der Waals surface area (Å²) in [7, 11) is 11.9. The molecule has 29 heteroatoms. The van der Waals surface area contributed by atoms with Gasteiger partial charge in [-0.15, -0.1) is 0 Å². The highest BCUT2D eigenvalue weighted by molar-refractivity contribution is 7.92. The maximum atomic E-state index is 14.3. The minimum Gasteiger partial charge on any atom is -0.496 e. The van der Waals surface area contributed by atoms with Gasteiger partial charge in [0.15, 0.2) is 19.7 Å². The van der Waals surface area contributed by atoms with Crippen LogP contribution in [0.5, 0.6) is 11.5 Å². The smallest absolute Gasteiger partial charge is 0.335 e. The van der Waals surface area contributed by atoms with Crippen LogP contribution < -0.4 is 41.4 Å². The van der Waals surface area contributed by atoms with Gasteiger partial charge in [0.25, 0.3) is 5.91 Å². The number of nitrogens with zero attached hydrogens (tertiary/aromatic N) is 5. The van der Waals surface area contributed by atoms with Gasteiger partial charge in [0.1, 0.15) is 35.8 Å². The topological polar surface area (TPSA) is 365 Å². The number of amides is 3. The number of fused-ring (bicyclic) bond motifs is 4. The van der Waals surface area contributed by atoms with E-state index in [1.165, 1.54) is 25.2 Å². The highest BCUT2D eigenvalue weighted by Gasteiger charge is 2.59. The van der Waals surface area contributed by atoms with Crippen molar-refractivity contribution in [3.63, 3.8) is 0 Å². The number of aliphatic hydroxyl groups excluding tert-OH is 4. The van der Waals surface area contributed by atoms with Crippen LogP contribution in [0.3, 0.4) is 0 Å². The summed E-state index contributed by atoms with van der Waals surface area (Å²) in [5.41, 5.74) is 11.2. The number of hydrogen-bond donors (Lipinski definition) is 10. The molecule has 4 bridgehead atoms. The van der Waals surface area contributed by atoms with Gasteiger partial charge < -0.3 is 76.7 Å². The molecule has 2 heterocycles. The first kappa shape index (κ1) is 97.4. The van der Waals surface area contributed by atoms with Crippen LogP contribution in [0.4, 0.5) is 5.69 Å². The van der Waals surface area contributed by atoms with Crippen molar-refractivity contribution in [1.82, 2.24) is 41.2 Å². The lowest BCUT2D eigenvalue weighted by atomic mass is 9.45. The summed E-state index contributed by atoms with van der Waals surface area (Å²) in [6.45, 7) is 28.6. The number of para-hydroxylation sites is 2. The van der Waals surface area contributed by atoms with Crippen LogP contribution in [0.25, 0.3) is 22.3 Å². The minimum absolute atomic E-state index is 0.00763. The summed E-state index contributed by atoms with van der Waals surface area (Å²) in [6, 6.07) is 21.0. The molecule has 4 aromatic rings. The first-order valence-electron chi connectivity index (χ1n) is 40.3. The molecule has 6 saturated carbocycles. The second kappa shape index (κ2) is 40.6. The van der Waals surface area contributed by atoms with E-state index in [2.05, 4.69) is 67.7 Å². The molecule has 17 atom stereocenters. The molecule has 6 aliphatic carbocycles. The second-order valence-electron chi connectivity index (χ2n) is 36.3. The Kier molecular flexibility index (Phi) is 34.4. The van der Waals surface area contributed by atoms with E-state index in [0.29, 0.717) is 92.3 Å². The van der Waals surface area contributed by atoms with Gasteiger partial charge in [-0.3, -0.25) is 24.1 Å². The predicted octanol–water partition coefficient (Wildman–Crippen LogP) is 7.85. The van der Waals surface area contributed by atoms with Crippen LogP contribution in [-0.4, -0.2) is 266 Å². The van der Waals surface area contributed by atoms with Crippen molar-refractivity contribution in [2.24, 2.45) is 63.9 Å². The third-order valence-corrected chi connectivity index (χ3v) is 29.7. The molecule has 27 nitrogen and oxygen atoms in total. The molecule has 0 radical (unpaired) electrons. The minimum atomic E-state index is -3.54. The van der Waals surface area contributed by atoms with Crippen molar-refractivity contribution < 1.29 is 80.7 Å². The number of hydrogen-bond acceptors (Lipinski definition) is 23. The summed E-state index contributed by atoms with van der Waals surface area (Å²) >= 11 is 0. The molecule has 3 amide bonds. The zero-order chi connectivity index (χ0) is 86.7. The average Bonchev–Trinajstić information content (AvgIpc) is 1.34. The predicted molar refractivity (Wildman–Crippen MR) is 454 cm³/mol. The fraction of sp³-hybridized carbons (Fsp3) is 0.674. The molecule has 648 valence electrons. The fourth-order valence-electron chi connectivity index (χ4n) is 17.3. The lowest BCUT2D eigenvalue weighted by Gasteiger charge is -2.62. The monoisotopic (exact) mass is 1650 g/mol. The van der Waals surface area contributed by atoms with Crippen molar-refractivity contribution in [3.8, 4) is 33.8 Å². The van der Waals surface area contributed by atoms with E-state index in [0.717, 1.165) is 37.2 Å². The Bertz CT molecular complexity index is 4130. The van der Waals surface area contributed by atoms with Crippen LogP contribution in [0.1, 0.15) is 154 Å². The van der Waals surface area contributed by atoms with Crippen LogP contribution >= 0.6 is 0 Å². The van der Waals surface area contributed by atoms with Crippen molar-refractivity contribution in [1.29, 1.82) is 0 Å². The van der Waals surface area contributed by atoms with Crippen LogP contribution in [0.2, 0.25) is 0 Å². The van der Waals surface area contributed by atoms with Gasteiger partial charge in [0.2, 0.25) is 11.8 Å². The Balaban J connectivity index is 0.000000307. The highest BCUT2D eigenvalue weighted by Crippen LogP contribution is 2.62. The number of carboxylic acid groups (broad SMARTS) is 1. The van der Waals surface area contributed by atoms with Gasteiger partial charge in [-0.1, -0.05) is 90.1 Å². The largest absolute Gasteiger partial charge is 0.496 e. The van der Waals surface area contributed by atoms with Gasteiger partial charge in [0, 0.05) is 97.4 Å². The third-order valence-electron chi connectivity index (χ3n) is 24.8. The molecule has 0 spiro atoms. The number of sulfone groups is 2. The number of ether oxygens (including phenoxy) is 2. The van der Waals surface area contributed by atoms with E-state index in [1.807, 2.05) is 115 Å².